The number of benzene rings is 2. The molecule has 0 spiro atoms. The van der Waals surface area contributed by atoms with E-state index >= 15 is 0 Å². The number of carbonyl (C=O) groups is 1. The van der Waals surface area contributed by atoms with Crippen LogP contribution in [-0.2, 0) is 32.2 Å². The third-order valence-corrected chi connectivity index (χ3v) is 5.04. The minimum Gasteiger partial charge on any atom is -0.464 e. The predicted molar refractivity (Wildman–Crippen MR) is 118 cm³/mol. The molecule has 170 valence electrons. The summed E-state index contributed by atoms with van der Waals surface area (Å²) in [6.45, 7) is 5.21. The first-order valence-electron chi connectivity index (χ1n) is 10.8. The Bertz CT molecular complexity index is 736. The molecule has 0 heterocycles. The van der Waals surface area contributed by atoms with Crippen LogP contribution in [0, 0.1) is 5.92 Å². The number of ether oxygens (including phenoxy) is 3. The van der Waals surface area contributed by atoms with Crippen molar-refractivity contribution >= 4 is 5.97 Å². The van der Waals surface area contributed by atoms with Crippen molar-refractivity contribution in [2.24, 2.45) is 5.92 Å². The zero-order chi connectivity index (χ0) is 22.5. The molecule has 0 saturated heterocycles. The van der Waals surface area contributed by atoms with E-state index in [9.17, 15) is 15.0 Å². The van der Waals surface area contributed by atoms with Crippen molar-refractivity contribution in [3.05, 3.63) is 71.8 Å². The van der Waals surface area contributed by atoms with Gasteiger partial charge in [-0.25, -0.2) is 4.79 Å². The lowest BCUT2D eigenvalue weighted by atomic mass is 9.95. The summed E-state index contributed by atoms with van der Waals surface area (Å²) in [5, 5.41) is 20.8. The SMILES string of the molecule is CCOC(=O)[C@@H](O)[C@H](O)[C@@H](C[C@H](C)CCOCc1ccccc1)OCc1ccccc1. The molecule has 2 N–H and O–H groups in total. The highest BCUT2D eigenvalue weighted by Crippen LogP contribution is 2.20. The van der Waals surface area contributed by atoms with Gasteiger partial charge in [0.1, 0.15) is 6.10 Å². The Morgan fingerprint density at radius 3 is 2.10 bits per heavy atom. The predicted octanol–water partition coefficient (Wildman–Crippen LogP) is 3.49. The third-order valence-electron chi connectivity index (χ3n) is 5.04. The molecule has 0 unspecified atom stereocenters. The van der Waals surface area contributed by atoms with Crippen molar-refractivity contribution in [3.8, 4) is 0 Å². The van der Waals surface area contributed by atoms with E-state index in [1.165, 1.54) is 0 Å². The van der Waals surface area contributed by atoms with Gasteiger partial charge in [0.2, 0.25) is 0 Å². The summed E-state index contributed by atoms with van der Waals surface area (Å²) in [5.41, 5.74) is 2.07. The van der Waals surface area contributed by atoms with Gasteiger partial charge in [0.15, 0.2) is 6.10 Å². The average Bonchev–Trinajstić information content (AvgIpc) is 2.80. The van der Waals surface area contributed by atoms with E-state index in [2.05, 4.69) is 0 Å². The van der Waals surface area contributed by atoms with Gasteiger partial charge in [-0.2, -0.15) is 0 Å². The molecular weight excluding hydrogens is 396 g/mol. The summed E-state index contributed by atoms with van der Waals surface area (Å²) in [6, 6.07) is 19.5. The maximum absolute atomic E-state index is 11.9. The van der Waals surface area contributed by atoms with Crippen LogP contribution >= 0.6 is 0 Å². The molecule has 0 aromatic heterocycles. The molecule has 0 aliphatic carbocycles. The van der Waals surface area contributed by atoms with Crippen molar-refractivity contribution in [1.29, 1.82) is 0 Å². The van der Waals surface area contributed by atoms with Crippen molar-refractivity contribution in [2.75, 3.05) is 13.2 Å². The Kier molecular flexibility index (Phi) is 11.2. The fourth-order valence-corrected chi connectivity index (χ4v) is 3.22. The van der Waals surface area contributed by atoms with Gasteiger partial charge in [0.05, 0.1) is 25.9 Å². The Morgan fingerprint density at radius 1 is 0.935 bits per heavy atom. The second-order valence-corrected chi connectivity index (χ2v) is 7.69. The quantitative estimate of drug-likeness (QED) is 0.353. The zero-order valence-electron chi connectivity index (χ0n) is 18.4. The lowest BCUT2D eigenvalue weighted by molar-refractivity contribution is -0.168. The van der Waals surface area contributed by atoms with Gasteiger partial charge in [-0.3, -0.25) is 0 Å². The highest BCUT2D eigenvalue weighted by Gasteiger charge is 2.34. The Hall–Kier alpha value is -2.25. The van der Waals surface area contributed by atoms with E-state index in [1.807, 2.05) is 67.6 Å². The van der Waals surface area contributed by atoms with Crippen molar-refractivity contribution in [2.45, 2.75) is 58.2 Å². The normalized spacial score (nSPS) is 15.1. The summed E-state index contributed by atoms with van der Waals surface area (Å²) in [6.07, 6.45) is -2.51. The molecule has 0 aliphatic rings. The highest BCUT2D eigenvalue weighted by atomic mass is 16.6. The second-order valence-electron chi connectivity index (χ2n) is 7.69. The first kappa shape index (κ1) is 25.0. The van der Waals surface area contributed by atoms with Crippen LogP contribution < -0.4 is 0 Å². The molecule has 31 heavy (non-hydrogen) atoms. The van der Waals surface area contributed by atoms with Crippen LogP contribution in [0.15, 0.2) is 60.7 Å². The number of hydrogen-bond acceptors (Lipinski definition) is 6. The van der Waals surface area contributed by atoms with Gasteiger partial charge in [-0.15, -0.1) is 0 Å². The topological polar surface area (TPSA) is 85.2 Å². The first-order valence-corrected chi connectivity index (χ1v) is 10.8. The Labute approximate surface area is 184 Å². The van der Waals surface area contributed by atoms with Gasteiger partial charge in [-0.05, 0) is 36.8 Å². The Balaban J connectivity index is 1.88. The average molecular weight is 431 g/mol. The van der Waals surface area contributed by atoms with Crippen LogP contribution in [0.2, 0.25) is 0 Å². The van der Waals surface area contributed by atoms with Crippen LogP contribution in [0.5, 0.6) is 0 Å². The lowest BCUT2D eigenvalue weighted by Crippen LogP contribution is -2.45. The van der Waals surface area contributed by atoms with Gasteiger partial charge >= 0.3 is 5.97 Å². The van der Waals surface area contributed by atoms with Gasteiger partial charge in [0, 0.05) is 6.61 Å². The van der Waals surface area contributed by atoms with Crippen LogP contribution in [0.1, 0.15) is 37.8 Å². The summed E-state index contributed by atoms with van der Waals surface area (Å²) in [7, 11) is 0. The summed E-state index contributed by atoms with van der Waals surface area (Å²) in [5.74, 6) is -0.692. The molecule has 0 bridgehead atoms. The van der Waals surface area contributed by atoms with Crippen molar-refractivity contribution in [3.63, 3.8) is 0 Å². The molecule has 2 aromatic rings. The number of esters is 1. The number of hydrogen-bond donors (Lipinski definition) is 2. The maximum Gasteiger partial charge on any atom is 0.337 e. The van der Waals surface area contributed by atoms with Crippen LogP contribution in [0.4, 0.5) is 0 Å². The minimum atomic E-state index is -1.65. The molecule has 6 nitrogen and oxygen atoms in total. The van der Waals surface area contributed by atoms with E-state index in [1.54, 1.807) is 6.92 Å². The van der Waals surface area contributed by atoms with E-state index in [4.69, 9.17) is 14.2 Å². The van der Waals surface area contributed by atoms with Crippen LogP contribution in [0.25, 0.3) is 0 Å². The maximum atomic E-state index is 11.9. The number of aliphatic hydroxyl groups excluding tert-OH is 2. The van der Waals surface area contributed by atoms with E-state index in [0.717, 1.165) is 17.5 Å². The molecule has 0 saturated carbocycles. The summed E-state index contributed by atoms with van der Waals surface area (Å²) >= 11 is 0. The number of carbonyl (C=O) groups excluding carboxylic acids is 1. The number of rotatable bonds is 14. The summed E-state index contributed by atoms with van der Waals surface area (Å²) in [4.78, 5) is 11.9. The van der Waals surface area contributed by atoms with Gasteiger partial charge < -0.3 is 24.4 Å². The molecule has 0 fully saturated rings. The van der Waals surface area contributed by atoms with E-state index < -0.39 is 24.3 Å². The first-order chi connectivity index (χ1) is 15.0. The monoisotopic (exact) mass is 430 g/mol. The molecule has 0 aliphatic heterocycles. The van der Waals surface area contributed by atoms with E-state index in [-0.39, 0.29) is 19.1 Å². The largest absolute Gasteiger partial charge is 0.464 e. The molecule has 0 radical (unpaired) electrons. The molecular formula is C25H34O6. The number of aliphatic hydroxyl groups is 2. The lowest BCUT2D eigenvalue weighted by Gasteiger charge is -2.28. The second kappa shape index (κ2) is 13.9. The van der Waals surface area contributed by atoms with Crippen LogP contribution in [-0.4, -0.2) is 47.7 Å². The summed E-state index contributed by atoms with van der Waals surface area (Å²) < 4.78 is 16.5. The highest BCUT2D eigenvalue weighted by molar-refractivity contribution is 5.75. The minimum absolute atomic E-state index is 0.132. The van der Waals surface area contributed by atoms with Crippen LogP contribution in [0.3, 0.4) is 0 Å². The van der Waals surface area contributed by atoms with Gasteiger partial charge in [0.25, 0.3) is 0 Å². The third kappa shape index (κ3) is 9.19. The fraction of sp³-hybridized carbons (Fsp3) is 0.480. The zero-order valence-corrected chi connectivity index (χ0v) is 18.4. The standard InChI is InChI=1S/C25H34O6/c1-3-30-25(28)24(27)23(26)22(31-18-21-12-8-5-9-13-21)16-19(2)14-15-29-17-20-10-6-4-7-11-20/h4-13,19,22-24,26-27H,3,14-18H2,1-2H3/t19-,22-,23-,24+/m1/s1. The van der Waals surface area contributed by atoms with Gasteiger partial charge in [-0.1, -0.05) is 67.6 Å². The molecule has 2 rings (SSSR count). The van der Waals surface area contributed by atoms with E-state index in [0.29, 0.717) is 19.6 Å². The molecule has 2 aromatic carbocycles. The smallest absolute Gasteiger partial charge is 0.337 e. The molecule has 6 heteroatoms. The Morgan fingerprint density at radius 2 is 1.52 bits per heavy atom. The molecule has 4 atom stereocenters. The fourth-order valence-electron chi connectivity index (χ4n) is 3.22. The van der Waals surface area contributed by atoms with Crippen molar-refractivity contribution < 1.29 is 29.2 Å². The molecule has 0 amide bonds. The van der Waals surface area contributed by atoms with Crippen molar-refractivity contribution in [1.82, 2.24) is 0 Å².